The summed E-state index contributed by atoms with van der Waals surface area (Å²) >= 11 is 1.34. The Morgan fingerprint density at radius 2 is 1.58 bits per heavy atom. The maximum absolute atomic E-state index is 13.3. The lowest BCUT2D eigenvalue weighted by Crippen LogP contribution is -2.51. The molecule has 20 heteroatoms. The van der Waals surface area contributed by atoms with Crippen molar-refractivity contribution >= 4 is 46.3 Å². The Morgan fingerprint density at radius 3 is 2.32 bits per heavy atom. The number of nitrogens with zero attached hydrogens (tertiary/aromatic N) is 4. The van der Waals surface area contributed by atoms with E-state index in [9.17, 15) is 32.3 Å². The highest BCUT2D eigenvalue weighted by atomic mass is 32.1. The number of aromatic nitrogens is 3. The van der Waals surface area contributed by atoms with Crippen molar-refractivity contribution in [3.63, 3.8) is 0 Å². The number of ketones is 1. The summed E-state index contributed by atoms with van der Waals surface area (Å²) < 4.78 is 58.3. The number of rotatable bonds is 22. The summed E-state index contributed by atoms with van der Waals surface area (Å²) in [7, 11) is 1.68. The van der Waals surface area contributed by atoms with Gasteiger partial charge in [-0.2, -0.15) is 0 Å². The molecule has 3 heterocycles. The van der Waals surface area contributed by atoms with Crippen molar-refractivity contribution in [1.82, 2.24) is 35.8 Å². The second-order valence-corrected chi connectivity index (χ2v) is 15.6. The Hall–Kier alpha value is -6.48. The Morgan fingerprint density at radius 1 is 0.862 bits per heavy atom. The molecule has 5 aromatic rings. The zero-order valence-electron chi connectivity index (χ0n) is 35.9. The number of halogens is 3. The van der Waals surface area contributed by atoms with Gasteiger partial charge < -0.3 is 45.1 Å². The zero-order chi connectivity index (χ0) is 46.3. The van der Waals surface area contributed by atoms with Gasteiger partial charge in [0.05, 0.1) is 44.2 Å². The molecule has 65 heavy (non-hydrogen) atoms. The van der Waals surface area contributed by atoms with Crippen LogP contribution in [0.3, 0.4) is 0 Å². The standard InChI is InChI=1S/C45H49F3N8O8S/c1-28(49-3)41(58)53-29(2)44(60)56-18-5-8-38(56)43-55-37(26-65-43)40(57)30-9-13-34(14-10-30)63-23-22-62-21-20-61-19-17-50-42(59)32-7-4-6-31(24-32)36-25-39(52-27-51-36)54-33-11-15-35(16-12-33)64-45(46,47)48/h4,6-7,9-16,24-29,38,49H,5,8,17-23H2,1-3H3,(H,50,59)(H,53,58)(H,51,52,54)/t28-,29-,38-/m0/s1. The van der Waals surface area contributed by atoms with Gasteiger partial charge in [0, 0.05) is 46.9 Å². The minimum absolute atomic E-state index is 0.186. The molecule has 1 fully saturated rings. The number of thiazole rings is 1. The third-order valence-corrected chi connectivity index (χ3v) is 11.0. The van der Waals surface area contributed by atoms with Crippen LogP contribution in [0.15, 0.2) is 90.6 Å². The van der Waals surface area contributed by atoms with Gasteiger partial charge in [-0.05, 0) is 94.4 Å². The van der Waals surface area contributed by atoms with Crippen LogP contribution >= 0.6 is 11.3 Å². The number of ether oxygens (including phenoxy) is 4. The number of hydrogen-bond acceptors (Lipinski definition) is 14. The highest BCUT2D eigenvalue weighted by molar-refractivity contribution is 7.10. The summed E-state index contributed by atoms with van der Waals surface area (Å²) in [5.74, 6) is -0.370. The van der Waals surface area contributed by atoms with E-state index in [4.69, 9.17) is 14.2 Å². The number of carbonyl (C=O) groups is 4. The van der Waals surface area contributed by atoms with Crippen molar-refractivity contribution in [2.45, 2.75) is 51.2 Å². The maximum atomic E-state index is 13.3. The first-order valence-electron chi connectivity index (χ1n) is 20.8. The number of likely N-dealkylation sites (N-methyl/N-ethyl adjacent to an activating group) is 1. The predicted molar refractivity (Wildman–Crippen MR) is 235 cm³/mol. The summed E-state index contributed by atoms with van der Waals surface area (Å²) in [4.78, 5) is 66.5. The molecule has 4 N–H and O–H groups in total. The molecular formula is C45H49F3N8O8S. The predicted octanol–water partition coefficient (Wildman–Crippen LogP) is 6.09. The van der Waals surface area contributed by atoms with Crippen LogP contribution in [0.4, 0.5) is 24.7 Å². The molecule has 3 amide bonds. The van der Waals surface area contributed by atoms with Gasteiger partial charge in [-0.15, -0.1) is 24.5 Å². The molecular weight excluding hydrogens is 870 g/mol. The van der Waals surface area contributed by atoms with E-state index >= 15 is 0 Å². The molecule has 1 saturated heterocycles. The van der Waals surface area contributed by atoms with E-state index in [0.717, 1.165) is 12.8 Å². The van der Waals surface area contributed by atoms with Crippen molar-refractivity contribution in [2.24, 2.45) is 0 Å². The second kappa shape index (κ2) is 22.9. The van der Waals surface area contributed by atoms with Crippen molar-refractivity contribution in [3.05, 3.63) is 112 Å². The smallest absolute Gasteiger partial charge is 0.491 e. The van der Waals surface area contributed by atoms with Crippen molar-refractivity contribution in [3.8, 4) is 22.8 Å². The highest BCUT2D eigenvalue weighted by Gasteiger charge is 2.35. The molecule has 0 radical (unpaired) electrons. The maximum Gasteiger partial charge on any atom is 0.573 e. The minimum Gasteiger partial charge on any atom is -0.491 e. The van der Waals surface area contributed by atoms with Gasteiger partial charge in [0.15, 0.2) is 0 Å². The minimum atomic E-state index is -4.78. The first-order valence-corrected chi connectivity index (χ1v) is 21.7. The first-order chi connectivity index (χ1) is 31.3. The van der Waals surface area contributed by atoms with Crippen LogP contribution in [0.1, 0.15) is 64.1 Å². The molecule has 16 nitrogen and oxygen atoms in total. The Kier molecular flexibility index (Phi) is 16.9. The molecule has 344 valence electrons. The molecule has 2 aromatic heterocycles. The highest BCUT2D eigenvalue weighted by Crippen LogP contribution is 2.35. The number of benzene rings is 3. The van der Waals surface area contributed by atoms with Crippen LogP contribution in [0.5, 0.6) is 11.5 Å². The number of nitrogens with one attached hydrogen (secondary N) is 4. The quantitative estimate of drug-likeness (QED) is 0.0461. The molecule has 0 bridgehead atoms. The van der Waals surface area contributed by atoms with Gasteiger partial charge in [0.1, 0.15) is 47.0 Å². The molecule has 3 atom stereocenters. The van der Waals surface area contributed by atoms with Crippen molar-refractivity contribution in [1.29, 1.82) is 0 Å². The average Bonchev–Trinajstić information content (AvgIpc) is 4.00. The molecule has 0 aliphatic carbocycles. The van der Waals surface area contributed by atoms with Crippen LogP contribution < -0.4 is 30.7 Å². The number of amides is 3. The van der Waals surface area contributed by atoms with Crippen molar-refractivity contribution < 1.29 is 51.3 Å². The van der Waals surface area contributed by atoms with E-state index in [1.807, 2.05) is 0 Å². The number of hydrogen-bond donors (Lipinski definition) is 4. The summed E-state index contributed by atoms with van der Waals surface area (Å²) in [6, 6.07) is 19.1. The van der Waals surface area contributed by atoms with E-state index in [1.54, 1.807) is 85.8 Å². The van der Waals surface area contributed by atoms with Gasteiger partial charge in [0.25, 0.3) is 5.91 Å². The summed E-state index contributed by atoms with van der Waals surface area (Å²) in [5.41, 5.74) is 2.82. The number of alkyl halides is 3. The van der Waals surface area contributed by atoms with E-state index < -0.39 is 18.4 Å². The zero-order valence-corrected chi connectivity index (χ0v) is 36.7. The van der Waals surface area contributed by atoms with Gasteiger partial charge >= 0.3 is 6.36 Å². The van der Waals surface area contributed by atoms with Gasteiger partial charge in [-0.1, -0.05) is 12.1 Å². The second-order valence-electron chi connectivity index (χ2n) is 14.8. The largest absolute Gasteiger partial charge is 0.573 e. The van der Waals surface area contributed by atoms with E-state index in [-0.39, 0.29) is 55.1 Å². The molecule has 0 unspecified atom stereocenters. The fourth-order valence-corrected chi connectivity index (χ4v) is 7.58. The van der Waals surface area contributed by atoms with Gasteiger partial charge in [0.2, 0.25) is 17.6 Å². The van der Waals surface area contributed by atoms with Crippen LogP contribution in [-0.2, 0) is 19.1 Å². The number of likely N-dealkylation sites (tertiary alicyclic amines) is 1. The lowest BCUT2D eigenvalue weighted by atomic mass is 10.1. The van der Waals surface area contributed by atoms with Crippen LogP contribution in [0.2, 0.25) is 0 Å². The first kappa shape index (κ1) is 48.0. The molecule has 1 aliphatic heterocycles. The third kappa shape index (κ3) is 14.0. The SMILES string of the molecule is CN[C@@H](C)C(=O)N[C@@H](C)C(=O)N1CCC[C@H]1c1nc(C(=O)c2ccc(OCCOCCOCCNC(=O)c3cccc(-c4cc(Nc5ccc(OC(F)(F)F)cc5)ncn4)c3)cc2)cs1. The Balaban J connectivity index is 0.848. The molecule has 1 aliphatic rings. The normalized spacial score (nSPS) is 14.6. The van der Waals surface area contributed by atoms with E-state index in [2.05, 4.69) is 41.0 Å². The summed E-state index contributed by atoms with van der Waals surface area (Å²) in [6.45, 7) is 5.66. The fraction of sp³-hybridized carbons (Fsp3) is 0.356. The van der Waals surface area contributed by atoms with Gasteiger partial charge in [-0.25, -0.2) is 15.0 Å². The molecule has 3 aromatic carbocycles. The number of carbonyl (C=O) groups excluding carboxylic acids is 4. The topological polar surface area (TPSA) is 195 Å². The van der Waals surface area contributed by atoms with Crippen LogP contribution in [0.25, 0.3) is 11.3 Å². The lowest BCUT2D eigenvalue weighted by Gasteiger charge is -2.27. The van der Waals surface area contributed by atoms with Gasteiger partial charge in [-0.3, -0.25) is 19.2 Å². The molecule has 6 rings (SSSR count). The molecule has 0 saturated carbocycles. The van der Waals surface area contributed by atoms with E-state index in [1.165, 1.54) is 41.9 Å². The Labute approximate surface area is 377 Å². The molecule has 0 spiro atoms. The third-order valence-electron chi connectivity index (χ3n) is 10.1. The van der Waals surface area contributed by atoms with Crippen LogP contribution in [0, 0.1) is 0 Å². The summed E-state index contributed by atoms with van der Waals surface area (Å²) in [6.07, 6.45) is -1.93. The monoisotopic (exact) mass is 918 g/mol. The average molecular weight is 919 g/mol. The Bertz CT molecular complexity index is 2390. The van der Waals surface area contributed by atoms with Crippen molar-refractivity contribution in [2.75, 3.05) is 58.5 Å². The number of anilines is 2. The van der Waals surface area contributed by atoms with E-state index in [0.29, 0.717) is 76.7 Å². The summed E-state index contributed by atoms with van der Waals surface area (Å²) in [5, 5.41) is 13.8. The lowest BCUT2D eigenvalue weighted by molar-refractivity contribution is -0.274. The van der Waals surface area contributed by atoms with Crippen LogP contribution in [-0.4, -0.2) is 115 Å². The fourth-order valence-electron chi connectivity index (χ4n) is 6.63.